The smallest absolute Gasteiger partial charge is 0.255 e. The van der Waals surface area contributed by atoms with E-state index in [4.69, 9.17) is 4.74 Å². The van der Waals surface area contributed by atoms with Crippen molar-refractivity contribution in [3.05, 3.63) is 65.7 Å². The van der Waals surface area contributed by atoms with Gasteiger partial charge in [-0.1, -0.05) is 42.5 Å². The lowest BCUT2D eigenvalue weighted by atomic mass is 10.0. The van der Waals surface area contributed by atoms with Crippen molar-refractivity contribution in [1.29, 1.82) is 0 Å². The molecule has 0 spiro atoms. The first kappa shape index (κ1) is 27.7. The number of nitrogens with zero attached hydrogens (tertiary/aromatic N) is 1. The summed E-state index contributed by atoms with van der Waals surface area (Å²) in [6, 6.07) is 14.0. The van der Waals surface area contributed by atoms with Gasteiger partial charge >= 0.3 is 0 Å². The molecule has 0 unspecified atom stereocenters. The van der Waals surface area contributed by atoms with Gasteiger partial charge in [-0.3, -0.25) is 19.2 Å². The van der Waals surface area contributed by atoms with Crippen molar-refractivity contribution < 1.29 is 23.9 Å². The van der Waals surface area contributed by atoms with Gasteiger partial charge in [-0.25, -0.2) is 0 Å². The third kappa shape index (κ3) is 8.91. The standard InChI is InChI=1S/C27H35N5O5/c1-32(2)15-8-13-28-27(36)22-18-24(33)30-21(17-19-9-4-3-5-10-19)26(35)29-14-16-37-23-12-7-6-11-20(23)25(34)31-22/h3-7,9-12,21-22H,8,13-18H2,1-2H3,(H,28,36)(H,29,35)(H,30,33)(H,31,34)/t21-,22-/m0/s1. The number of ether oxygens (including phenoxy) is 1. The van der Waals surface area contributed by atoms with Gasteiger partial charge in [0.2, 0.25) is 17.7 Å². The van der Waals surface area contributed by atoms with Gasteiger partial charge in [0, 0.05) is 13.0 Å². The average Bonchev–Trinajstić information content (AvgIpc) is 2.88. The fourth-order valence-electron chi connectivity index (χ4n) is 3.91. The second-order valence-corrected chi connectivity index (χ2v) is 9.12. The van der Waals surface area contributed by atoms with Crippen LogP contribution in [0.1, 0.15) is 28.8 Å². The van der Waals surface area contributed by atoms with E-state index in [-0.39, 0.29) is 37.5 Å². The first-order valence-corrected chi connectivity index (χ1v) is 12.4. The Balaban J connectivity index is 1.81. The number of carbonyl (C=O) groups is 4. The Kier molecular flexibility index (Phi) is 10.5. The highest BCUT2D eigenvalue weighted by Crippen LogP contribution is 2.18. The first-order chi connectivity index (χ1) is 17.8. The van der Waals surface area contributed by atoms with Crippen molar-refractivity contribution in [1.82, 2.24) is 26.2 Å². The summed E-state index contributed by atoms with van der Waals surface area (Å²) in [5.74, 6) is -1.57. The van der Waals surface area contributed by atoms with E-state index in [2.05, 4.69) is 21.3 Å². The molecule has 0 fully saturated rings. The van der Waals surface area contributed by atoms with E-state index in [1.165, 1.54) is 0 Å². The highest BCUT2D eigenvalue weighted by atomic mass is 16.5. The molecule has 0 bridgehead atoms. The van der Waals surface area contributed by atoms with Crippen LogP contribution < -0.4 is 26.0 Å². The minimum Gasteiger partial charge on any atom is -0.491 e. The zero-order chi connectivity index (χ0) is 26.6. The molecular formula is C27H35N5O5. The predicted octanol–water partition coefficient (Wildman–Crippen LogP) is 0.479. The molecule has 2 atom stereocenters. The van der Waals surface area contributed by atoms with Crippen LogP contribution in [0.4, 0.5) is 0 Å². The SMILES string of the molecule is CN(C)CCCNC(=O)[C@@H]1CC(=O)N[C@@H](Cc2ccccc2)C(=O)NCCOc2ccccc2C(=O)N1. The van der Waals surface area contributed by atoms with Crippen molar-refractivity contribution in [2.24, 2.45) is 0 Å². The highest BCUT2D eigenvalue weighted by molar-refractivity contribution is 6.01. The van der Waals surface area contributed by atoms with E-state index >= 15 is 0 Å². The van der Waals surface area contributed by atoms with Crippen LogP contribution in [-0.2, 0) is 20.8 Å². The Bertz CT molecular complexity index is 1080. The van der Waals surface area contributed by atoms with Crippen molar-refractivity contribution in [3.63, 3.8) is 0 Å². The number of hydrogen-bond donors (Lipinski definition) is 4. The molecule has 1 aliphatic rings. The second-order valence-electron chi connectivity index (χ2n) is 9.12. The zero-order valence-corrected chi connectivity index (χ0v) is 21.3. The fourth-order valence-corrected chi connectivity index (χ4v) is 3.91. The maximum absolute atomic E-state index is 13.1. The molecule has 0 radical (unpaired) electrons. The van der Waals surface area contributed by atoms with Crippen molar-refractivity contribution in [2.75, 3.05) is 40.3 Å². The van der Waals surface area contributed by atoms with Gasteiger partial charge in [0.15, 0.2) is 0 Å². The van der Waals surface area contributed by atoms with Crippen LogP contribution in [0.15, 0.2) is 54.6 Å². The van der Waals surface area contributed by atoms with Gasteiger partial charge < -0.3 is 30.9 Å². The molecule has 3 rings (SSSR count). The van der Waals surface area contributed by atoms with Crippen LogP contribution in [0.25, 0.3) is 0 Å². The summed E-state index contributed by atoms with van der Waals surface area (Å²) in [5.41, 5.74) is 1.11. The largest absolute Gasteiger partial charge is 0.491 e. The lowest BCUT2D eigenvalue weighted by Crippen LogP contribution is -2.53. The first-order valence-electron chi connectivity index (χ1n) is 12.4. The van der Waals surface area contributed by atoms with Crippen LogP contribution >= 0.6 is 0 Å². The molecule has 2 aromatic rings. The van der Waals surface area contributed by atoms with Crippen LogP contribution in [0.3, 0.4) is 0 Å². The highest BCUT2D eigenvalue weighted by Gasteiger charge is 2.28. The van der Waals surface area contributed by atoms with E-state index in [9.17, 15) is 19.2 Å². The summed E-state index contributed by atoms with van der Waals surface area (Å²) in [6.07, 6.45) is 0.657. The van der Waals surface area contributed by atoms with Crippen molar-refractivity contribution >= 4 is 23.6 Å². The second kappa shape index (κ2) is 14.0. The minimum absolute atomic E-state index is 0.123. The van der Waals surface area contributed by atoms with Crippen molar-refractivity contribution in [3.8, 4) is 5.75 Å². The van der Waals surface area contributed by atoms with E-state index in [1.807, 2.05) is 49.3 Å². The summed E-state index contributed by atoms with van der Waals surface area (Å²) in [5, 5.41) is 11.0. The topological polar surface area (TPSA) is 129 Å². The summed E-state index contributed by atoms with van der Waals surface area (Å²) in [6.45, 7) is 1.48. The van der Waals surface area contributed by atoms with Crippen LogP contribution in [-0.4, -0.2) is 80.9 Å². The molecular weight excluding hydrogens is 474 g/mol. The maximum Gasteiger partial charge on any atom is 0.255 e. The van der Waals surface area contributed by atoms with E-state index in [1.54, 1.807) is 24.3 Å². The molecule has 0 aliphatic carbocycles. The molecule has 1 aliphatic heterocycles. The monoisotopic (exact) mass is 509 g/mol. The third-order valence-corrected chi connectivity index (χ3v) is 5.82. The summed E-state index contributed by atoms with van der Waals surface area (Å²) in [4.78, 5) is 54.1. The van der Waals surface area contributed by atoms with E-state index in [0.717, 1.165) is 12.1 Å². The normalized spacial score (nSPS) is 18.9. The van der Waals surface area contributed by atoms with Crippen LogP contribution in [0.5, 0.6) is 5.75 Å². The summed E-state index contributed by atoms with van der Waals surface area (Å²) in [7, 11) is 3.87. The molecule has 10 heteroatoms. The Morgan fingerprint density at radius 2 is 1.76 bits per heavy atom. The zero-order valence-electron chi connectivity index (χ0n) is 21.3. The average molecular weight is 510 g/mol. The van der Waals surface area contributed by atoms with Gasteiger partial charge in [0.1, 0.15) is 24.4 Å². The molecule has 4 N–H and O–H groups in total. The number of nitrogens with one attached hydrogen (secondary N) is 4. The molecule has 0 aromatic heterocycles. The number of rotatable bonds is 7. The Morgan fingerprint density at radius 1 is 1.03 bits per heavy atom. The Labute approximate surface area is 217 Å². The maximum atomic E-state index is 13.1. The molecule has 4 amide bonds. The van der Waals surface area contributed by atoms with Gasteiger partial charge in [0.05, 0.1) is 18.5 Å². The lowest BCUT2D eigenvalue weighted by Gasteiger charge is -2.23. The number of fused-ring (bicyclic) bond motifs is 1. The third-order valence-electron chi connectivity index (χ3n) is 5.82. The number of benzene rings is 2. The number of para-hydroxylation sites is 1. The molecule has 198 valence electrons. The van der Waals surface area contributed by atoms with E-state index < -0.39 is 29.8 Å². The van der Waals surface area contributed by atoms with Crippen molar-refractivity contribution in [2.45, 2.75) is 31.3 Å². The predicted molar refractivity (Wildman–Crippen MR) is 139 cm³/mol. The van der Waals surface area contributed by atoms with Gasteiger partial charge in [0.25, 0.3) is 5.91 Å². The summed E-state index contributed by atoms with van der Waals surface area (Å²) >= 11 is 0. The molecule has 1 heterocycles. The molecule has 0 saturated carbocycles. The van der Waals surface area contributed by atoms with Gasteiger partial charge in [-0.15, -0.1) is 0 Å². The number of hydrogen-bond acceptors (Lipinski definition) is 6. The Hall–Kier alpha value is -3.92. The Morgan fingerprint density at radius 3 is 2.51 bits per heavy atom. The van der Waals surface area contributed by atoms with Gasteiger partial charge in [-0.05, 0) is 44.8 Å². The van der Waals surface area contributed by atoms with Crippen LogP contribution in [0, 0.1) is 0 Å². The fraction of sp³-hybridized carbons (Fsp3) is 0.407. The molecule has 10 nitrogen and oxygen atoms in total. The molecule has 37 heavy (non-hydrogen) atoms. The van der Waals surface area contributed by atoms with E-state index in [0.29, 0.717) is 18.7 Å². The summed E-state index contributed by atoms with van der Waals surface area (Å²) < 4.78 is 5.76. The van der Waals surface area contributed by atoms with Crippen LogP contribution in [0.2, 0.25) is 0 Å². The number of carbonyl (C=O) groups excluding carboxylic acids is 4. The number of amides is 4. The quantitative estimate of drug-likeness (QED) is 0.402. The molecule has 2 aromatic carbocycles. The lowest BCUT2D eigenvalue weighted by molar-refractivity contribution is -0.131. The minimum atomic E-state index is -1.14. The molecule has 0 saturated heterocycles. The van der Waals surface area contributed by atoms with Gasteiger partial charge in [-0.2, -0.15) is 0 Å².